The van der Waals surface area contributed by atoms with E-state index >= 15 is 0 Å². The summed E-state index contributed by atoms with van der Waals surface area (Å²) in [6.07, 6.45) is 0. The van der Waals surface area contributed by atoms with E-state index in [9.17, 15) is 9.59 Å². The topological polar surface area (TPSA) is 58.6 Å². The van der Waals surface area contributed by atoms with Gasteiger partial charge >= 0.3 is 0 Å². The van der Waals surface area contributed by atoms with E-state index in [1.165, 1.54) is 0 Å². The van der Waals surface area contributed by atoms with Crippen molar-refractivity contribution in [3.05, 3.63) is 71.8 Å². The van der Waals surface area contributed by atoms with Crippen LogP contribution in [0, 0.1) is 0 Å². The lowest BCUT2D eigenvalue weighted by Gasteiger charge is -2.13. The highest BCUT2D eigenvalue weighted by Gasteiger charge is 2.21. The van der Waals surface area contributed by atoms with Crippen LogP contribution in [0.25, 0.3) is 10.8 Å². The van der Waals surface area contributed by atoms with Gasteiger partial charge in [0.15, 0.2) is 0 Å². The molecule has 1 aliphatic rings. The number of fused-ring (bicyclic) bond motifs is 2. The quantitative estimate of drug-likeness (QED) is 0.772. The first-order valence-electron chi connectivity index (χ1n) is 8.44. The Bertz CT molecular complexity index is 1010. The Balaban J connectivity index is 1.61. The van der Waals surface area contributed by atoms with Gasteiger partial charge in [-0.3, -0.25) is 9.59 Å². The first-order chi connectivity index (χ1) is 12.6. The van der Waals surface area contributed by atoms with Crippen LogP contribution >= 0.6 is 0 Å². The number of hydrogen-bond donors (Lipinski definition) is 1. The fourth-order valence-corrected chi connectivity index (χ4v) is 3.03. The van der Waals surface area contributed by atoms with E-state index in [-0.39, 0.29) is 11.8 Å². The van der Waals surface area contributed by atoms with E-state index in [2.05, 4.69) is 5.32 Å². The molecule has 0 aromatic heterocycles. The number of carbonyl (C=O) groups excluding carboxylic acids is 2. The van der Waals surface area contributed by atoms with E-state index in [4.69, 9.17) is 4.74 Å². The highest BCUT2D eigenvalue weighted by molar-refractivity contribution is 6.07. The number of anilines is 1. The highest BCUT2D eigenvalue weighted by atomic mass is 16.5. The molecule has 0 aliphatic carbocycles. The molecule has 1 aliphatic heterocycles. The van der Waals surface area contributed by atoms with Crippen molar-refractivity contribution < 1.29 is 14.3 Å². The van der Waals surface area contributed by atoms with Crippen molar-refractivity contribution >= 4 is 28.3 Å². The molecule has 3 aromatic carbocycles. The Kier molecular flexibility index (Phi) is 4.05. The summed E-state index contributed by atoms with van der Waals surface area (Å²) in [4.78, 5) is 26.6. The van der Waals surface area contributed by atoms with Gasteiger partial charge in [0.1, 0.15) is 12.4 Å². The number of nitrogens with one attached hydrogen (secondary N) is 1. The molecule has 0 saturated heterocycles. The van der Waals surface area contributed by atoms with Gasteiger partial charge in [-0.15, -0.1) is 0 Å². The van der Waals surface area contributed by atoms with Crippen LogP contribution in [0.3, 0.4) is 0 Å². The highest BCUT2D eigenvalue weighted by Crippen LogP contribution is 2.26. The second-order valence-corrected chi connectivity index (χ2v) is 6.30. The lowest BCUT2D eigenvalue weighted by atomic mass is 10.1. The van der Waals surface area contributed by atoms with Gasteiger partial charge in [-0.25, -0.2) is 0 Å². The maximum absolute atomic E-state index is 12.6. The minimum Gasteiger partial charge on any atom is -0.491 e. The Morgan fingerprint density at radius 1 is 1.04 bits per heavy atom. The third-order valence-corrected chi connectivity index (χ3v) is 4.51. The van der Waals surface area contributed by atoms with Crippen molar-refractivity contribution in [2.45, 2.75) is 0 Å². The maximum Gasteiger partial charge on any atom is 0.257 e. The van der Waals surface area contributed by atoms with Crippen LogP contribution in [0.2, 0.25) is 0 Å². The van der Waals surface area contributed by atoms with Gasteiger partial charge < -0.3 is 15.0 Å². The zero-order valence-electron chi connectivity index (χ0n) is 14.4. The van der Waals surface area contributed by atoms with E-state index in [1.807, 2.05) is 36.4 Å². The molecule has 1 heterocycles. The minimum atomic E-state index is -0.217. The number of amides is 2. The number of rotatable bonds is 2. The largest absolute Gasteiger partial charge is 0.491 e. The van der Waals surface area contributed by atoms with Gasteiger partial charge in [-0.1, -0.05) is 30.3 Å². The molecule has 0 bridgehead atoms. The van der Waals surface area contributed by atoms with Crippen molar-refractivity contribution in [1.29, 1.82) is 0 Å². The van der Waals surface area contributed by atoms with Crippen molar-refractivity contribution in [2.24, 2.45) is 0 Å². The third-order valence-electron chi connectivity index (χ3n) is 4.51. The molecule has 26 heavy (non-hydrogen) atoms. The van der Waals surface area contributed by atoms with Gasteiger partial charge in [0.05, 0.1) is 12.1 Å². The van der Waals surface area contributed by atoms with Crippen molar-refractivity contribution in [3.63, 3.8) is 0 Å². The summed E-state index contributed by atoms with van der Waals surface area (Å²) in [6, 6.07) is 18.6. The molecule has 130 valence electrons. The monoisotopic (exact) mass is 346 g/mol. The number of nitrogens with zero attached hydrogens (tertiary/aromatic N) is 1. The average Bonchev–Trinajstić information content (AvgIpc) is 2.80. The van der Waals surface area contributed by atoms with Gasteiger partial charge in [0.2, 0.25) is 0 Å². The molecular formula is C21H18N2O3. The smallest absolute Gasteiger partial charge is 0.257 e. The standard InChI is InChI=1S/C21H18N2O3/c1-23-10-11-26-19-9-8-17(13-18(19)21(23)25)22-20(24)16-7-6-14-4-2-3-5-15(14)12-16/h2-9,12-13H,10-11H2,1H3,(H,22,24). The summed E-state index contributed by atoms with van der Waals surface area (Å²) >= 11 is 0. The first-order valence-corrected chi connectivity index (χ1v) is 8.44. The molecule has 0 atom stereocenters. The summed E-state index contributed by atoms with van der Waals surface area (Å²) in [5.41, 5.74) is 1.59. The molecule has 1 N–H and O–H groups in total. The summed E-state index contributed by atoms with van der Waals surface area (Å²) in [7, 11) is 1.74. The van der Waals surface area contributed by atoms with Crippen LogP contribution in [0.5, 0.6) is 5.75 Å². The second-order valence-electron chi connectivity index (χ2n) is 6.30. The van der Waals surface area contributed by atoms with E-state index in [0.717, 1.165) is 10.8 Å². The molecule has 0 spiro atoms. The lowest BCUT2D eigenvalue weighted by Crippen LogP contribution is -2.27. The zero-order chi connectivity index (χ0) is 18.1. The number of hydrogen-bond acceptors (Lipinski definition) is 3. The van der Waals surface area contributed by atoms with E-state index < -0.39 is 0 Å². The molecule has 0 saturated carbocycles. The Morgan fingerprint density at radius 3 is 2.69 bits per heavy atom. The van der Waals surface area contributed by atoms with Crippen molar-refractivity contribution in [1.82, 2.24) is 4.90 Å². The Morgan fingerprint density at radius 2 is 1.85 bits per heavy atom. The first kappa shape index (κ1) is 16.1. The summed E-state index contributed by atoms with van der Waals surface area (Å²) in [5.74, 6) is 0.216. The fraction of sp³-hybridized carbons (Fsp3) is 0.143. The van der Waals surface area contributed by atoms with Crippen LogP contribution in [0.15, 0.2) is 60.7 Å². The average molecular weight is 346 g/mol. The number of likely N-dealkylation sites (N-methyl/N-ethyl adjacent to an activating group) is 1. The zero-order valence-corrected chi connectivity index (χ0v) is 14.4. The Labute approximate surface area is 151 Å². The van der Waals surface area contributed by atoms with Crippen LogP contribution in [-0.4, -0.2) is 36.9 Å². The molecule has 5 nitrogen and oxygen atoms in total. The van der Waals surface area contributed by atoms with Crippen LogP contribution in [0.1, 0.15) is 20.7 Å². The van der Waals surface area contributed by atoms with Gasteiger partial charge in [0.25, 0.3) is 11.8 Å². The molecule has 0 fully saturated rings. The summed E-state index contributed by atoms with van der Waals surface area (Å²) in [6.45, 7) is 0.990. The molecule has 4 rings (SSSR count). The van der Waals surface area contributed by atoms with Crippen LogP contribution in [-0.2, 0) is 0 Å². The van der Waals surface area contributed by atoms with Crippen LogP contribution < -0.4 is 10.1 Å². The predicted octanol–water partition coefficient (Wildman–Crippen LogP) is 3.56. The van der Waals surface area contributed by atoms with Gasteiger partial charge in [-0.05, 0) is 41.1 Å². The number of ether oxygens (including phenoxy) is 1. The van der Waals surface area contributed by atoms with Crippen molar-refractivity contribution in [3.8, 4) is 5.75 Å². The molecule has 5 heteroatoms. The lowest BCUT2D eigenvalue weighted by molar-refractivity contribution is 0.0796. The van der Waals surface area contributed by atoms with Crippen LogP contribution in [0.4, 0.5) is 5.69 Å². The van der Waals surface area contributed by atoms with E-state index in [1.54, 1.807) is 36.2 Å². The SMILES string of the molecule is CN1CCOc2ccc(NC(=O)c3ccc4ccccc4c3)cc2C1=O. The Hall–Kier alpha value is -3.34. The summed E-state index contributed by atoms with van der Waals surface area (Å²) in [5, 5.41) is 4.95. The molecule has 0 radical (unpaired) electrons. The van der Waals surface area contributed by atoms with Gasteiger partial charge in [-0.2, -0.15) is 0 Å². The van der Waals surface area contributed by atoms with Crippen molar-refractivity contribution in [2.75, 3.05) is 25.5 Å². The molecule has 3 aromatic rings. The maximum atomic E-state index is 12.6. The minimum absolute atomic E-state index is 0.112. The number of carbonyl (C=O) groups is 2. The second kappa shape index (κ2) is 6.52. The molecular weight excluding hydrogens is 328 g/mol. The predicted molar refractivity (Wildman–Crippen MR) is 101 cm³/mol. The fourth-order valence-electron chi connectivity index (χ4n) is 3.03. The number of benzene rings is 3. The summed E-state index contributed by atoms with van der Waals surface area (Å²) < 4.78 is 5.61. The van der Waals surface area contributed by atoms with E-state index in [0.29, 0.717) is 35.7 Å². The molecule has 2 amide bonds. The third kappa shape index (κ3) is 2.99. The van der Waals surface area contributed by atoms with Gasteiger partial charge in [0, 0.05) is 18.3 Å². The molecule has 0 unspecified atom stereocenters. The normalized spacial score (nSPS) is 13.7.